The Morgan fingerprint density at radius 3 is 2.58 bits per heavy atom. The van der Waals surface area contributed by atoms with Crippen LogP contribution in [0.25, 0.3) is 0 Å². The lowest BCUT2D eigenvalue weighted by atomic mass is 10.1. The van der Waals surface area contributed by atoms with Crippen LogP contribution in [-0.2, 0) is 11.2 Å². The molecular weight excluding hydrogens is 242 g/mol. The van der Waals surface area contributed by atoms with Crippen molar-refractivity contribution in [3.05, 3.63) is 29.3 Å². The summed E-state index contributed by atoms with van der Waals surface area (Å²) >= 11 is 0. The van der Waals surface area contributed by atoms with Crippen molar-refractivity contribution in [2.75, 3.05) is 20.7 Å². The Balaban J connectivity index is 0.000000312. The molecule has 19 heavy (non-hydrogen) atoms. The molecule has 104 valence electrons. The molecule has 0 radical (unpaired) electrons. The monoisotopic (exact) mass is 263 g/mol. The van der Waals surface area contributed by atoms with Crippen LogP contribution in [0.2, 0.25) is 0 Å². The second kappa shape index (κ2) is 6.92. The largest absolute Gasteiger partial charge is 0.494 e. The van der Waals surface area contributed by atoms with Crippen LogP contribution in [0, 0.1) is 5.92 Å². The first-order valence-corrected chi connectivity index (χ1v) is 6.41. The molecule has 0 saturated carbocycles. The SMILES string of the molecule is CCOc1ccc2c(c1)C(=O)C(C)C2.CN(C)C=O. The maximum atomic E-state index is 11.7. The first kappa shape index (κ1) is 15.2. The third-order valence-corrected chi connectivity index (χ3v) is 2.84. The lowest BCUT2D eigenvalue weighted by Crippen LogP contribution is -2.06. The van der Waals surface area contributed by atoms with Gasteiger partial charge in [-0.2, -0.15) is 0 Å². The van der Waals surface area contributed by atoms with E-state index in [4.69, 9.17) is 4.74 Å². The van der Waals surface area contributed by atoms with E-state index in [0.717, 1.165) is 29.7 Å². The number of carbonyl (C=O) groups is 2. The maximum Gasteiger partial charge on any atom is 0.209 e. The highest BCUT2D eigenvalue weighted by Gasteiger charge is 2.26. The number of amides is 1. The molecule has 1 aliphatic carbocycles. The van der Waals surface area contributed by atoms with E-state index in [1.165, 1.54) is 4.90 Å². The van der Waals surface area contributed by atoms with E-state index in [0.29, 0.717) is 6.61 Å². The molecule has 1 aromatic rings. The zero-order valence-electron chi connectivity index (χ0n) is 12.0. The number of benzene rings is 1. The van der Waals surface area contributed by atoms with Gasteiger partial charge < -0.3 is 9.64 Å². The van der Waals surface area contributed by atoms with Crippen molar-refractivity contribution in [2.45, 2.75) is 20.3 Å². The van der Waals surface area contributed by atoms with E-state index in [1.54, 1.807) is 14.1 Å². The number of nitrogens with zero attached hydrogens (tertiary/aromatic N) is 1. The highest BCUT2D eigenvalue weighted by atomic mass is 16.5. The zero-order valence-corrected chi connectivity index (χ0v) is 12.0. The molecule has 4 nitrogen and oxygen atoms in total. The predicted molar refractivity (Wildman–Crippen MR) is 74.6 cm³/mol. The number of hydrogen-bond acceptors (Lipinski definition) is 3. The van der Waals surface area contributed by atoms with Crippen molar-refractivity contribution in [2.24, 2.45) is 5.92 Å². The molecule has 0 N–H and O–H groups in total. The summed E-state index contributed by atoms with van der Waals surface area (Å²) in [6, 6.07) is 5.81. The van der Waals surface area contributed by atoms with Crippen molar-refractivity contribution in [3.63, 3.8) is 0 Å². The maximum absolute atomic E-state index is 11.7. The highest BCUT2D eigenvalue weighted by molar-refractivity contribution is 6.02. The van der Waals surface area contributed by atoms with Crippen LogP contribution in [0.3, 0.4) is 0 Å². The third kappa shape index (κ3) is 4.09. The van der Waals surface area contributed by atoms with Crippen molar-refractivity contribution >= 4 is 12.2 Å². The van der Waals surface area contributed by atoms with Gasteiger partial charge in [0.1, 0.15) is 5.75 Å². The molecule has 0 bridgehead atoms. The summed E-state index contributed by atoms with van der Waals surface area (Å²) < 4.78 is 5.36. The number of fused-ring (bicyclic) bond motifs is 1. The molecule has 0 fully saturated rings. The minimum atomic E-state index is 0.141. The standard InChI is InChI=1S/C12H14O2.C3H7NO/c1-3-14-10-5-4-9-6-8(2)12(13)11(9)7-10;1-4(2)3-5/h4-5,7-8H,3,6H2,1-2H3;3H,1-2H3. The van der Waals surface area contributed by atoms with Gasteiger partial charge in [-0.15, -0.1) is 0 Å². The molecule has 1 atom stereocenters. The van der Waals surface area contributed by atoms with E-state index in [-0.39, 0.29) is 11.7 Å². The average Bonchev–Trinajstić information content (AvgIpc) is 2.67. The number of hydrogen-bond donors (Lipinski definition) is 0. The van der Waals surface area contributed by atoms with E-state index in [2.05, 4.69) is 0 Å². The van der Waals surface area contributed by atoms with Crippen molar-refractivity contribution in [1.29, 1.82) is 0 Å². The molecule has 4 heteroatoms. The van der Waals surface area contributed by atoms with Gasteiger partial charge in [0.25, 0.3) is 0 Å². The Labute approximate surface area is 114 Å². The topological polar surface area (TPSA) is 46.6 Å². The molecule has 1 amide bonds. The van der Waals surface area contributed by atoms with Gasteiger partial charge in [0.2, 0.25) is 6.41 Å². The smallest absolute Gasteiger partial charge is 0.209 e. The third-order valence-electron chi connectivity index (χ3n) is 2.84. The summed E-state index contributed by atoms with van der Waals surface area (Å²) in [6.07, 6.45) is 1.63. The summed E-state index contributed by atoms with van der Waals surface area (Å²) in [5, 5.41) is 0. The number of ketones is 1. The highest BCUT2D eigenvalue weighted by Crippen LogP contribution is 2.29. The van der Waals surface area contributed by atoms with Crippen molar-refractivity contribution in [1.82, 2.24) is 4.90 Å². The summed E-state index contributed by atoms with van der Waals surface area (Å²) in [5.41, 5.74) is 2.01. The number of ether oxygens (including phenoxy) is 1. The fraction of sp³-hybridized carbons (Fsp3) is 0.467. The van der Waals surface area contributed by atoms with Gasteiger partial charge in [0.15, 0.2) is 5.78 Å². The quantitative estimate of drug-likeness (QED) is 0.785. The van der Waals surface area contributed by atoms with E-state index >= 15 is 0 Å². The molecule has 1 aliphatic rings. The van der Waals surface area contributed by atoms with Gasteiger partial charge >= 0.3 is 0 Å². The zero-order chi connectivity index (χ0) is 14.4. The lowest BCUT2D eigenvalue weighted by molar-refractivity contribution is -0.115. The van der Waals surface area contributed by atoms with Gasteiger partial charge in [0, 0.05) is 25.6 Å². The van der Waals surface area contributed by atoms with Crippen LogP contribution in [-0.4, -0.2) is 37.8 Å². The Morgan fingerprint density at radius 2 is 2.05 bits per heavy atom. The lowest BCUT2D eigenvalue weighted by Gasteiger charge is -2.04. The van der Waals surface area contributed by atoms with Crippen LogP contribution in [0.4, 0.5) is 0 Å². The van der Waals surface area contributed by atoms with Crippen molar-refractivity contribution in [3.8, 4) is 5.75 Å². The first-order valence-electron chi connectivity index (χ1n) is 6.41. The molecule has 1 unspecified atom stereocenters. The van der Waals surface area contributed by atoms with Gasteiger partial charge in [-0.05, 0) is 31.0 Å². The minimum Gasteiger partial charge on any atom is -0.494 e. The van der Waals surface area contributed by atoms with E-state index < -0.39 is 0 Å². The van der Waals surface area contributed by atoms with Crippen LogP contribution < -0.4 is 4.74 Å². The molecule has 2 rings (SSSR count). The molecule has 0 aromatic heterocycles. The average molecular weight is 263 g/mol. The Bertz CT molecular complexity index is 455. The number of carbonyl (C=O) groups excluding carboxylic acids is 2. The summed E-state index contributed by atoms with van der Waals surface area (Å²) in [6.45, 7) is 4.56. The first-order chi connectivity index (χ1) is 8.99. The Morgan fingerprint density at radius 1 is 1.42 bits per heavy atom. The molecule has 1 aromatic carbocycles. The van der Waals surface area contributed by atoms with Crippen LogP contribution >= 0.6 is 0 Å². The predicted octanol–water partition coefficient (Wildman–Crippen LogP) is 2.16. The number of rotatable bonds is 3. The van der Waals surface area contributed by atoms with Crippen LogP contribution in [0.5, 0.6) is 5.75 Å². The second-order valence-corrected chi connectivity index (χ2v) is 4.79. The Kier molecular flexibility index (Phi) is 5.55. The summed E-state index contributed by atoms with van der Waals surface area (Å²) in [5.74, 6) is 1.19. The second-order valence-electron chi connectivity index (χ2n) is 4.79. The van der Waals surface area contributed by atoms with Gasteiger partial charge in [-0.1, -0.05) is 13.0 Å². The molecule has 0 heterocycles. The molecular formula is C15H21NO3. The van der Waals surface area contributed by atoms with E-state index in [9.17, 15) is 9.59 Å². The summed E-state index contributed by atoms with van der Waals surface area (Å²) in [7, 11) is 3.38. The molecule has 0 saturated heterocycles. The Hall–Kier alpha value is -1.84. The molecule has 0 aliphatic heterocycles. The summed E-state index contributed by atoms with van der Waals surface area (Å²) in [4.78, 5) is 22.6. The van der Waals surface area contributed by atoms with Gasteiger partial charge in [-0.3, -0.25) is 9.59 Å². The van der Waals surface area contributed by atoms with Gasteiger partial charge in [0.05, 0.1) is 6.61 Å². The fourth-order valence-electron chi connectivity index (χ4n) is 1.91. The van der Waals surface area contributed by atoms with Crippen LogP contribution in [0.1, 0.15) is 29.8 Å². The van der Waals surface area contributed by atoms with Gasteiger partial charge in [-0.25, -0.2) is 0 Å². The fourth-order valence-corrected chi connectivity index (χ4v) is 1.91. The van der Waals surface area contributed by atoms with E-state index in [1.807, 2.05) is 32.0 Å². The van der Waals surface area contributed by atoms with Crippen molar-refractivity contribution < 1.29 is 14.3 Å². The van der Waals surface area contributed by atoms with Crippen LogP contribution in [0.15, 0.2) is 18.2 Å². The normalized spacial score (nSPS) is 16.2. The molecule has 0 spiro atoms. The minimum absolute atomic E-state index is 0.141. The number of Topliss-reactive ketones (excluding diaryl/α,β-unsaturated/α-hetero) is 1.